The van der Waals surface area contributed by atoms with E-state index in [4.69, 9.17) is 5.26 Å². The van der Waals surface area contributed by atoms with Gasteiger partial charge in [0.2, 0.25) is 5.91 Å². The highest BCUT2D eigenvalue weighted by Gasteiger charge is 2.37. The van der Waals surface area contributed by atoms with Crippen LogP contribution in [0.2, 0.25) is 0 Å². The molecule has 0 spiro atoms. The van der Waals surface area contributed by atoms with Gasteiger partial charge in [0.1, 0.15) is 0 Å². The summed E-state index contributed by atoms with van der Waals surface area (Å²) >= 11 is 0. The molecule has 2 atom stereocenters. The highest BCUT2D eigenvalue weighted by atomic mass is 16.2. The van der Waals surface area contributed by atoms with Crippen LogP contribution < -0.4 is 4.90 Å². The fourth-order valence-electron chi connectivity index (χ4n) is 3.04. The maximum absolute atomic E-state index is 11.9. The van der Waals surface area contributed by atoms with E-state index in [1.54, 1.807) is 0 Å². The van der Waals surface area contributed by atoms with Gasteiger partial charge in [0.15, 0.2) is 0 Å². The van der Waals surface area contributed by atoms with Crippen LogP contribution in [0.15, 0.2) is 30.3 Å². The van der Waals surface area contributed by atoms with Crippen LogP contribution in [0.5, 0.6) is 0 Å². The van der Waals surface area contributed by atoms with Gasteiger partial charge in [-0.15, -0.1) is 0 Å². The van der Waals surface area contributed by atoms with Crippen LogP contribution in [0.1, 0.15) is 12.8 Å². The average Bonchev–Trinajstić information content (AvgIpc) is 3.06. The minimum absolute atomic E-state index is 0.113. The third kappa shape index (κ3) is 2.28. The lowest BCUT2D eigenvalue weighted by molar-refractivity contribution is -0.129. The maximum Gasteiger partial charge on any atom is 0.224 e. The molecule has 2 heterocycles. The second kappa shape index (κ2) is 4.93. The Morgan fingerprint density at radius 1 is 1.21 bits per heavy atom. The first-order valence-corrected chi connectivity index (χ1v) is 6.77. The summed E-state index contributed by atoms with van der Waals surface area (Å²) in [5, 5.41) is 8.94. The van der Waals surface area contributed by atoms with Gasteiger partial charge >= 0.3 is 0 Å². The van der Waals surface area contributed by atoms with Crippen molar-refractivity contribution < 1.29 is 4.79 Å². The van der Waals surface area contributed by atoms with Crippen molar-refractivity contribution in [3.8, 4) is 6.07 Å². The smallest absolute Gasteiger partial charge is 0.224 e. The van der Waals surface area contributed by atoms with E-state index in [-0.39, 0.29) is 17.9 Å². The average molecular weight is 255 g/mol. The minimum Gasteiger partial charge on any atom is -0.369 e. The lowest BCUT2D eigenvalue weighted by Crippen LogP contribution is -2.38. The second-order valence-corrected chi connectivity index (χ2v) is 5.30. The van der Waals surface area contributed by atoms with Crippen molar-refractivity contribution in [2.24, 2.45) is 5.92 Å². The molecular formula is C15H17N3O. The molecule has 2 saturated heterocycles. The molecule has 4 nitrogen and oxygen atoms in total. The van der Waals surface area contributed by atoms with Crippen molar-refractivity contribution in [1.29, 1.82) is 5.26 Å². The van der Waals surface area contributed by atoms with Gasteiger partial charge in [-0.05, 0) is 18.6 Å². The topological polar surface area (TPSA) is 47.3 Å². The first-order chi connectivity index (χ1) is 9.28. The van der Waals surface area contributed by atoms with E-state index < -0.39 is 0 Å². The quantitative estimate of drug-likeness (QED) is 0.807. The molecule has 0 aliphatic carbocycles. The molecule has 3 rings (SSSR count). The first kappa shape index (κ1) is 12.0. The largest absolute Gasteiger partial charge is 0.369 e. The van der Waals surface area contributed by atoms with Gasteiger partial charge in [-0.25, -0.2) is 0 Å². The molecule has 0 radical (unpaired) electrons. The molecular weight excluding hydrogens is 238 g/mol. The van der Waals surface area contributed by atoms with Crippen LogP contribution in [-0.4, -0.2) is 36.5 Å². The van der Waals surface area contributed by atoms with Crippen LogP contribution in [0, 0.1) is 17.2 Å². The van der Waals surface area contributed by atoms with E-state index in [2.05, 4.69) is 23.1 Å². The molecule has 4 heteroatoms. The number of benzene rings is 1. The molecule has 2 unspecified atom stereocenters. The van der Waals surface area contributed by atoms with Gasteiger partial charge in [0, 0.05) is 31.7 Å². The standard InChI is InChI=1S/C15H17N3O/c16-9-12-8-15(19)18(10-12)14-6-7-17(11-14)13-4-2-1-3-5-13/h1-5,12,14H,6-8,10-11H2. The van der Waals surface area contributed by atoms with E-state index in [1.165, 1.54) is 5.69 Å². The lowest BCUT2D eigenvalue weighted by atomic mass is 10.1. The van der Waals surface area contributed by atoms with Crippen LogP contribution in [0.3, 0.4) is 0 Å². The Kier molecular flexibility index (Phi) is 3.12. The van der Waals surface area contributed by atoms with Crippen LogP contribution >= 0.6 is 0 Å². The zero-order valence-electron chi connectivity index (χ0n) is 10.8. The van der Waals surface area contributed by atoms with Crippen molar-refractivity contribution in [3.63, 3.8) is 0 Å². The monoisotopic (exact) mass is 255 g/mol. The highest BCUT2D eigenvalue weighted by Crippen LogP contribution is 2.27. The van der Waals surface area contributed by atoms with Crippen LogP contribution in [0.25, 0.3) is 0 Å². The summed E-state index contributed by atoms with van der Waals surface area (Å²) in [6.07, 6.45) is 1.40. The van der Waals surface area contributed by atoms with E-state index in [0.717, 1.165) is 19.5 Å². The number of carbonyl (C=O) groups is 1. The summed E-state index contributed by atoms with van der Waals surface area (Å²) in [5.74, 6) is 0.0322. The Morgan fingerprint density at radius 3 is 2.68 bits per heavy atom. The number of para-hydroxylation sites is 1. The Bertz CT molecular complexity index is 508. The van der Waals surface area contributed by atoms with Crippen molar-refractivity contribution >= 4 is 11.6 Å². The van der Waals surface area contributed by atoms with Gasteiger partial charge in [-0.1, -0.05) is 18.2 Å². The summed E-state index contributed by atoms with van der Waals surface area (Å²) in [6, 6.07) is 12.8. The first-order valence-electron chi connectivity index (χ1n) is 6.77. The summed E-state index contributed by atoms with van der Waals surface area (Å²) in [7, 11) is 0. The van der Waals surface area contributed by atoms with Gasteiger partial charge in [0.05, 0.1) is 18.0 Å². The van der Waals surface area contributed by atoms with Gasteiger partial charge < -0.3 is 9.80 Å². The Balaban J connectivity index is 1.67. The zero-order valence-corrected chi connectivity index (χ0v) is 10.8. The van der Waals surface area contributed by atoms with E-state index >= 15 is 0 Å². The number of carbonyl (C=O) groups excluding carboxylic acids is 1. The summed E-state index contributed by atoms with van der Waals surface area (Å²) in [4.78, 5) is 16.2. The number of hydrogen-bond donors (Lipinski definition) is 0. The molecule has 0 saturated carbocycles. The molecule has 0 bridgehead atoms. The summed E-state index contributed by atoms with van der Waals surface area (Å²) in [5.41, 5.74) is 1.22. The van der Waals surface area contributed by atoms with E-state index in [1.807, 2.05) is 23.1 Å². The van der Waals surface area contributed by atoms with E-state index in [9.17, 15) is 4.79 Å². The molecule has 1 aromatic rings. The number of anilines is 1. The van der Waals surface area contributed by atoms with Crippen molar-refractivity contribution in [3.05, 3.63) is 30.3 Å². The number of rotatable bonds is 2. The molecule has 2 aliphatic rings. The lowest BCUT2D eigenvalue weighted by Gasteiger charge is -2.25. The maximum atomic E-state index is 11.9. The van der Waals surface area contributed by atoms with Crippen molar-refractivity contribution in [1.82, 2.24) is 4.90 Å². The molecule has 2 fully saturated rings. The van der Waals surface area contributed by atoms with Gasteiger partial charge in [-0.3, -0.25) is 4.79 Å². The molecule has 1 amide bonds. The number of hydrogen-bond acceptors (Lipinski definition) is 3. The highest BCUT2D eigenvalue weighted by molar-refractivity contribution is 5.79. The molecule has 2 aliphatic heterocycles. The van der Waals surface area contributed by atoms with Gasteiger partial charge in [-0.2, -0.15) is 5.26 Å². The number of nitrogens with zero attached hydrogens (tertiary/aromatic N) is 3. The Hall–Kier alpha value is -2.02. The third-order valence-corrected chi connectivity index (χ3v) is 4.07. The Labute approximate surface area is 113 Å². The molecule has 19 heavy (non-hydrogen) atoms. The molecule has 1 aromatic carbocycles. The SMILES string of the molecule is N#CC1CC(=O)N(C2CCN(c3ccccc3)C2)C1. The molecule has 0 aromatic heterocycles. The van der Waals surface area contributed by atoms with Gasteiger partial charge in [0.25, 0.3) is 0 Å². The molecule has 0 N–H and O–H groups in total. The predicted molar refractivity (Wildman–Crippen MR) is 72.5 cm³/mol. The Morgan fingerprint density at radius 2 is 2.00 bits per heavy atom. The number of amides is 1. The molecule has 98 valence electrons. The summed E-state index contributed by atoms with van der Waals surface area (Å²) < 4.78 is 0. The van der Waals surface area contributed by atoms with Crippen LogP contribution in [-0.2, 0) is 4.79 Å². The number of nitriles is 1. The van der Waals surface area contributed by atoms with Crippen molar-refractivity contribution in [2.45, 2.75) is 18.9 Å². The minimum atomic E-state index is -0.113. The number of likely N-dealkylation sites (tertiary alicyclic amines) is 1. The fourth-order valence-corrected chi connectivity index (χ4v) is 3.04. The second-order valence-electron chi connectivity index (χ2n) is 5.30. The zero-order chi connectivity index (χ0) is 13.2. The fraction of sp³-hybridized carbons (Fsp3) is 0.467. The summed E-state index contributed by atoms with van der Waals surface area (Å²) in [6.45, 7) is 2.48. The normalized spacial score (nSPS) is 26.8. The predicted octanol–water partition coefficient (Wildman–Crippen LogP) is 1.64. The van der Waals surface area contributed by atoms with Crippen LogP contribution in [0.4, 0.5) is 5.69 Å². The van der Waals surface area contributed by atoms with Crippen molar-refractivity contribution in [2.75, 3.05) is 24.5 Å². The third-order valence-electron chi connectivity index (χ3n) is 4.07. The van der Waals surface area contributed by atoms with E-state index in [0.29, 0.717) is 13.0 Å².